The van der Waals surface area contributed by atoms with Crippen molar-refractivity contribution in [2.45, 2.75) is 55.9 Å². The molecule has 25 heavy (non-hydrogen) atoms. The van der Waals surface area contributed by atoms with Crippen LogP contribution in [0.4, 0.5) is 0 Å². The number of hydrogen-bond donors (Lipinski definition) is 2. The van der Waals surface area contributed by atoms with Gasteiger partial charge in [-0.05, 0) is 43.4 Å². The molecule has 1 saturated heterocycles. The number of nitrogens with one attached hydrogen (secondary N) is 1. The lowest BCUT2D eigenvalue weighted by Gasteiger charge is -2.39. The fourth-order valence-electron chi connectivity index (χ4n) is 3.98. The molecule has 3 N–H and O–H groups in total. The largest absolute Gasteiger partial charge is 0.381 e. The van der Waals surface area contributed by atoms with Crippen LogP contribution in [0.15, 0.2) is 24.3 Å². The number of ether oxygens (including phenoxy) is 1. The van der Waals surface area contributed by atoms with Crippen molar-refractivity contribution in [3.8, 4) is 0 Å². The van der Waals surface area contributed by atoms with Gasteiger partial charge in [0.05, 0.1) is 5.54 Å². The van der Waals surface area contributed by atoms with Crippen molar-refractivity contribution in [1.82, 2.24) is 5.32 Å². The first-order chi connectivity index (χ1) is 11.5. The van der Waals surface area contributed by atoms with Crippen LogP contribution in [0.2, 0.25) is 5.02 Å². The van der Waals surface area contributed by atoms with Crippen LogP contribution in [-0.2, 0) is 14.9 Å². The van der Waals surface area contributed by atoms with E-state index in [2.05, 4.69) is 11.4 Å². The van der Waals surface area contributed by atoms with Gasteiger partial charge in [0, 0.05) is 30.2 Å². The first-order valence-corrected chi connectivity index (χ1v) is 9.33. The Morgan fingerprint density at radius 1 is 1.16 bits per heavy atom. The third kappa shape index (κ3) is 4.68. The van der Waals surface area contributed by atoms with Crippen molar-refractivity contribution in [2.24, 2.45) is 5.73 Å². The molecular formula is C19H28Cl2N2O2. The molecule has 0 aromatic heterocycles. The highest BCUT2D eigenvalue weighted by molar-refractivity contribution is 6.30. The van der Waals surface area contributed by atoms with Crippen LogP contribution in [-0.4, -0.2) is 31.2 Å². The summed E-state index contributed by atoms with van der Waals surface area (Å²) in [6.45, 7) is 2.00. The molecule has 2 fully saturated rings. The summed E-state index contributed by atoms with van der Waals surface area (Å²) in [6.07, 6.45) is 6.58. The predicted molar refractivity (Wildman–Crippen MR) is 103 cm³/mol. The standard InChI is InChI=1S/C19H27ClN2O2.ClH/c20-16-6-4-5-15(13-16)18(9-11-24-12-10-18)14-22-17(23)19(21)7-2-1-3-8-19;/h4-6,13H,1-3,7-12,14,21H2,(H,22,23);1H. The molecule has 0 bridgehead atoms. The Kier molecular flexibility index (Phi) is 7.15. The Morgan fingerprint density at radius 2 is 1.84 bits per heavy atom. The molecule has 0 spiro atoms. The molecule has 1 heterocycles. The Balaban J connectivity index is 0.00000225. The fraction of sp³-hybridized carbons (Fsp3) is 0.632. The molecule has 1 aliphatic heterocycles. The van der Waals surface area contributed by atoms with Crippen LogP contribution in [0, 0.1) is 0 Å². The average Bonchev–Trinajstić information content (AvgIpc) is 2.61. The number of nitrogens with two attached hydrogens (primary N) is 1. The van der Waals surface area contributed by atoms with Crippen molar-refractivity contribution < 1.29 is 9.53 Å². The molecule has 1 amide bonds. The number of carbonyl (C=O) groups excluding carboxylic acids is 1. The zero-order valence-corrected chi connectivity index (χ0v) is 16.1. The van der Waals surface area contributed by atoms with Gasteiger partial charge in [-0.25, -0.2) is 0 Å². The molecule has 1 saturated carbocycles. The molecule has 6 heteroatoms. The monoisotopic (exact) mass is 386 g/mol. The van der Waals surface area contributed by atoms with Gasteiger partial charge in [-0.1, -0.05) is 43.0 Å². The highest BCUT2D eigenvalue weighted by atomic mass is 35.5. The maximum absolute atomic E-state index is 12.7. The number of hydrogen-bond acceptors (Lipinski definition) is 3. The topological polar surface area (TPSA) is 64.4 Å². The molecule has 0 radical (unpaired) electrons. The Morgan fingerprint density at radius 3 is 2.48 bits per heavy atom. The first-order valence-electron chi connectivity index (χ1n) is 8.95. The Labute approximate surface area is 161 Å². The fourth-order valence-corrected chi connectivity index (χ4v) is 4.17. The first kappa shape index (κ1) is 20.5. The summed E-state index contributed by atoms with van der Waals surface area (Å²) in [5.74, 6) is -0.00454. The summed E-state index contributed by atoms with van der Waals surface area (Å²) in [5, 5.41) is 3.89. The van der Waals surface area contributed by atoms with Gasteiger partial charge >= 0.3 is 0 Å². The van der Waals surface area contributed by atoms with Gasteiger partial charge in [-0.3, -0.25) is 4.79 Å². The summed E-state index contributed by atoms with van der Waals surface area (Å²) >= 11 is 6.19. The number of halogens is 2. The van der Waals surface area contributed by atoms with Gasteiger partial charge < -0.3 is 15.8 Å². The number of rotatable bonds is 4. The van der Waals surface area contributed by atoms with E-state index in [-0.39, 0.29) is 23.7 Å². The number of benzene rings is 1. The van der Waals surface area contributed by atoms with Gasteiger partial charge in [0.25, 0.3) is 0 Å². The van der Waals surface area contributed by atoms with Gasteiger partial charge in [0.1, 0.15) is 0 Å². The zero-order valence-electron chi connectivity index (χ0n) is 14.6. The van der Waals surface area contributed by atoms with Crippen LogP contribution >= 0.6 is 24.0 Å². The van der Waals surface area contributed by atoms with Gasteiger partial charge in [-0.2, -0.15) is 0 Å². The summed E-state index contributed by atoms with van der Waals surface area (Å²) in [6, 6.07) is 7.97. The lowest BCUT2D eigenvalue weighted by atomic mass is 9.73. The molecule has 140 valence electrons. The average molecular weight is 387 g/mol. The molecule has 1 aliphatic carbocycles. The second-order valence-corrected chi connectivity index (χ2v) is 7.74. The van der Waals surface area contributed by atoms with Crippen LogP contribution in [0.25, 0.3) is 0 Å². The zero-order chi connectivity index (χ0) is 17.0. The lowest BCUT2D eigenvalue weighted by Crippen LogP contribution is -2.57. The van der Waals surface area contributed by atoms with E-state index in [9.17, 15) is 4.79 Å². The molecule has 3 rings (SSSR count). The Hall–Kier alpha value is -0.810. The normalized spacial score (nSPS) is 21.8. The smallest absolute Gasteiger partial charge is 0.240 e. The molecular weight excluding hydrogens is 359 g/mol. The quantitative estimate of drug-likeness (QED) is 0.830. The van der Waals surface area contributed by atoms with E-state index in [0.29, 0.717) is 19.8 Å². The van der Waals surface area contributed by atoms with Gasteiger partial charge in [0.2, 0.25) is 5.91 Å². The van der Waals surface area contributed by atoms with E-state index in [4.69, 9.17) is 22.1 Å². The summed E-state index contributed by atoms with van der Waals surface area (Å²) < 4.78 is 5.55. The maximum Gasteiger partial charge on any atom is 0.240 e. The second kappa shape index (κ2) is 8.72. The summed E-state index contributed by atoms with van der Waals surface area (Å²) in [4.78, 5) is 12.7. The molecule has 2 aliphatic rings. The van der Waals surface area contributed by atoms with E-state index >= 15 is 0 Å². The van der Waals surface area contributed by atoms with E-state index < -0.39 is 5.54 Å². The van der Waals surface area contributed by atoms with Crippen LogP contribution in [0.1, 0.15) is 50.5 Å². The molecule has 4 nitrogen and oxygen atoms in total. The van der Waals surface area contributed by atoms with E-state index in [1.54, 1.807) is 0 Å². The van der Waals surface area contributed by atoms with Crippen LogP contribution in [0.3, 0.4) is 0 Å². The SMILES string of the molecule is Cl.NC1(C(=O)NCC2(c3cccc(Cl)c3)CCOCC2)CCCCC1. The number of amides is 1. The third-order valence-corrected chi connectivity index (χ3v) is 5.91. The minimum absolute atomic E-state index is 0. The maximum atomic E-state index is 12.7. The summed E-state index contributed by atoms with van der Waals surface area (Å²) in [5.41, 5.74) is 6.72. The van der Waals surface area contributed by atoms with Crippen molar-refractivity contribution in [3.63, 3.8) is 0 Å². The lowest BCUT2D eigenvalue weighted by molar-refractivity contribution is -0.128. The molecule has 0 atom stereocenters. The van der Waals surface area contributed by atoms with Crippen LogP contribution in [0.5, 0.6) is 0 Å². The van der Waals surface area contributed by atoms with Crippen molar-refractivity contribution in [2.75, 3.05) is 19.8 Å². The minimum Gasteiger partial charge on any atom is -0.381 e. The van der Waals surface area contributed by atoms with Crippen molar-refractivity contribution in [1.29, 1.82) is 0 Å². The van der Waals surface area contributed by atoms with Gasteiger partial charge in [-0.15, -0.1) is 12.4 Å². The number of carbonyl (C=O) groups is 1. The highest BCUT2D eigenvalue weighted by Crippen LogP contribution is 2.36. The Bertz CT molecular complexity index is 583. The van der Waals surface area contributed by atoms with E-state index in [0.717, 1.165) is 43.5 Å². The predicted octanol–water partition coefficient (Wildman–Crippen LogP) is 3.59. The van der Waals surface area contributed by atoms with E-state index in [1.807, 2.05) is 18.2 Å². The second-order valence-electron chi connectivity index (χ2n) is 7.30. The van der Waals surface area contributed by atoms with E-state index in [1.165, 1.54) is 12.0 Å². The van der Waals surface area contributed by atoms with Crippen LogP contribution < -0.4 is 11.1 Å². The molecule has 1 aromatic rings. The highest BCUT2D eigenvalue weighted by Gasteiger charge is 2.39. The van der Waals surface area contributed by atoms with Crippen molar-refractivity contribution in [3.05, 3.63) is 34.9 Å². The molecule has 1 aromatic carbocycles. The summed E-state index contributed by atoms with van der Waals surface area (Å²) in [7, 11) is 0. The third-order valence-electron chi connectivity index (χ3n) is 5.67. The minimum atomic E-state index is -0.695. The molecule has 0 unspecified atom stereocenters. The van der Waals surface area contributed by atoms with Crippen molar-refractivity contribution >= 4 is 29.9 Å². The van der Waals surface area contributed by atoms with Gasteiger partial charge in [0.15, 0.2) is 0 Å².